The van der Waals surface area contributed by atoms with Gasteiger partial charge in [0.2, 0.25) is 5.88 Å². The molecule has 0 saturated heterocycles. The second-order valence-electron chi connectivity index (χ2n) is 5.97. The third-order valence-corrected chi connectivity index (χ3v) is 5.23. The molecule has 3 aromatic rings. The van der Waals surface area contributed by atoms with Gasteiger partial charge in [-0.1, -0.05) is 11.3 Å². The van der Waals surface area contributed by atoms with E-state index in [2.05, 4.69) is 25.3 Å². The molecule has 142 valence electrons. The summed E-state index contributed by atoms with van der Waals surface area (Å²) in [6.07, 6.45) is 6.55. The standard InChI is InChI=1S/C18H16N6O3S/c1-27-16-11(3-2-5-21-16)17(26)24-8-4-12-14(10-24)28-18(22-12)23-15(25)13-9-19-6-7-20-13/h2-3,5-7,9H,4,8,10H2,1H3,(H,22,23,25). The number of ether oxygens (including phenoxy) is 1. The van der Waals surface area contributed by atoms with Gasteiger partial charge in [-0.2, -0.15) is 0 Å². The molecule has 2 amide bonds. The van der Waals surface area contributed by atoms with Crippen molar-refractivity contribution in [3.63, 3.8) is 0 Å². The zero-order valence-corrected chi connectivity index (χ0v) is 15.8. The maximum atomic E-state index is 12.9. The SMILES string of the molecule is COc1ncccc1C(=O)N1CCc2nc(NC(=O)c3cnccn3)sc2C1. The summed E-state index contributed by atoms with van der Waals surface area (Å²) >= 11 is 1.35. The van der Waals surface area contributed by atoms with E-state index in [1.54, 1.807) is 23.2 Å². The fourth-order valence-corrected chi connectivity index (χ4v) is 3.91. The number of methoxy groups -OCH3 is 1. The summed E-state index contributed by atoms with van der Waals surface area (Å²) in [6.45, 7) is 0.954. The first-order valence-corrected chi connectivity index (χ1v) is 9.31. The van der Waals surface area contributed by atoms with Crippen LogP contribution in [0.5, 0.6) is 5.88 Å². The summed E-state index contributed by atoms with van der Waals surface area (Å²) in [4.78, 5) is 44.2. The Kier molecular flexibility index (Phi) is 4.94. The van der Waals surface area contributed by atoms with Gasteiger partial charge in [-0.15, -0.1) is 0 Å². The van der Waals surface area contributed by atoms with Crippen LogP contribution in [0.1, 0.15) is 31.4 Å². The molecule has 4 rings (SSSR count). The van der Waals surface area contributed by atoms with Crippen LogP contribution in [-0.2, 0) is 13.0 Å². The Morgan fingerprint density at radius 3 is 2.93 bits per heavy atom. The van der Waals surface area contributed by atoms with E-state index in [-0.39, 0.29) is 17.5 Å². The molecule has 0 bridgehead atoms. The van der Waals surface area contributed by atoms with Gasteiger partial charge >= 0.3 is 0 Å². The van der Waals surface area contributed by atoms with Gasteiger partial charge < -0.3 is 9.64 Å². The molecule has 4 heterocycles. The number of nitrogens with one attached hydrogen (secondary N) is 1. The van der Waals surface area contributed by atoms with E-state index in [1.165, 1.54) is 37.0 Å². The molecule has 1 aliphatic heterocycles. The summed E-state index contributed by atoms with van der Waals surface area (Å²) in [6, 6.07) is 3.40. The van der Waals surface area contributed by atoms with Gasteiger partial charge in [0.1, 0.15) is 11.3 Å². The zero-order chi connectivity index (χ0) is 19.5. The Morgan fingerprint density at radius 1 is 1.25 bits per heavy atom. The third-order valence-electron chi connectivity index (χ3n) is 4.23. The van der Waals surface area contributed by atoms with Gasteiger partial charge in [0, 0.05) is 36.4 Å². The van der Waals surface area contributed by atoms with E-state index in [4.69, 9.17) is 4.74 Å². The predicted molar refractivity (Wildman–Crippen MR) is 101 cm³/mol. The van der Waals surface area contributed by atoms with Crippen LogP contribution in [-0.4, -0.2) is 50.3 Å². The number of nitrogens with zero attached hydrogens (tertiary/aromatic N) is 5. The number of hydrogen-bond acceptors (Lipinski definition) is 8. The van der Waals surface area contributed by atoms with Crippen LogP contribution in [0.2, 0.25) is 0 Å². The van der Waals surface area contributed by atoms with Crippen molar-refractivity contribution in [2.45, 2.75) is 13.0 Å². The zero-order valence-electron chi connectivity index (χ0n) is 15.0. The number of rotatable bonds is 4. The Labute approximate surface area is 164 Å². The average molecular weight is 396 g/mol. The van der Waals surface area contributed by atoms with Crippen LogP contribution in [0.4, 0.5) is 5.13 Å². The molecule has 1 N–H and O–H groups in total. The van der Waals surface area contributed by atoms with Crippen molar-refractivity contribution in [2.24, 2.45) is 0 Å². The molecule has 0 aliphatic carbocycles. The molecule has 28 heavy (non-hydrogen) atoms. The summed E-state index contributed by atoms with van der Waals surface area (Å²) in [5, 5.41) is 3.22. The first-order valence-electron chi connectivity index (χ1n) is 8.50. The molecule has 0 fully saturated rings. The molecule has 3 aromatic heterocycles. The van der Waals surface area contributed by atoms with Gasteiger partial charge in [0.25, 0.3) is 11.8 Å². The monoisotopic (exact) mass is 396 g/mol. The number of fused-ring (bicyclic) bond motifs is 1. The summed E-state index contributed by atoms with van der Waals surface area (Å²) in [5.41, 5.74) is 1.53. The van der Waals surface area contributed by atoms with Crippen LogP contribution in [0.15, 0.2) is 36.9 Å². The molecule has 10 heteroatoms. The van der Waals surface area contributed by atoms with Crippen molar-refractivity contribution in [1.82, 2.24) is 24.8 Å². The molecule has 0 unspecified atom stereocenters. The van der Waals surface area contributed by atoms with Crippen molar-refractivity contribution in [1.29, 1.82) is 0 Å². The Balaban J connectivity index is 1.49. The lowest BCUT2D eigenvalue weighted by Gasteiger charge is -2.26. The van der Waals surface area contributed by atoms with E-state index in [0.717, 1.165) is 10.6 Å². The van der Waals surface area contributed by atoms with Gasteiger partial charge in [-0.05, 0) is 12.1 Å². The minimum atomic E-state index is -0.368. The largest absolute Gasteiger partial charge is 0.480 e. The number of amides is 2. The lowest BCUT2D eigenvalue weighted by Crippen LogP contribution is -2.35. The number of carbonyl (C=O) groups excluding carboxylic acids is 2. The Morgan fingerprint density at radius 2 is 2.14 bits per heavy atom. The number of thiazole rings is 1. The van der Waals surface area contributed by atoms with E-state index in [1.807, 2.05) is 0 Å². The molecule has 0 atom stereocenters. The smallest absolute Gasteiger partial charge is 0.277 e. The quantitative estimate of drug-likeness (QED) is 0.716. The molecule has 1 aliphatic rings. The number of pyridine rings is 1. The lowest BCUT2D eigenvalue weighted by molar-refractivity contribution is 0.0731. The molecular formula is C18H16N6O3S. The highest BCUT2D eigenvalue weighted by atomic mass is 32.1. The minimum absolute atomic E-state index is 0.144. The maximum Gasteiger partial charge on any atom is 0.277 e. The van der Waals surface area contributed by atoms with E-state index in [0.29, 0.717) is 36.1 Å². The predicted octanol–water partition coefficient (Wildman–Crippen LogP) is 1.79. The number of carbonyl (C=O) groups is 2. The highest BCUT2D eigenvalue weighted by Crippen LogP contribution is 2.30. The van der Waals surface area contributed by atoms with Crippen LogP contribution >= 0.6 is 11.3 Å². The normalized spacial score (nSPS) is 13.0. The highest BCUT2D eigenvalue weighted by molar-refractivity contribution is 7.15. The second-order valence-corrected chi connectivity index (χ2v) is 7.05. The van der Waals surface area contributed by atoms with Crippen molar-refractivity contribution in [2.75, 3.05) is 19.0 Å². The molecule has 0 spiro atoms. The minimum Gasteiger partial charge on any atom is -0.480 e. The fourth-order valence-electron chi connectivity index (χ4n) is 2.89. The lowest BCUT2D eigenvalue weighted by atomic mass is 10.1. The Bertz CT molecular complexity index is 1020. The molecule has 0 saturated carbocycles. The number of hydrogen-bond donors (Lipinski definition) is 1. The van der Waals surface area contributed by atoms with Crippen LogP contribution < -0.4 is 10.1 Å². The van der Waals surface area contributed by atoms with Crippen LogP contribution in [0, 0.1) is 0 Å². The highest BCUT2D eigenvalue weighted by Gasteiger charge is 2.27. The molecule has 9 nitrogen and oxygen atoms in total. The van der Waals surface area contributed by atoms with E-state index in [9.17, 15) is 9.59 Å². The second kappa shape index (κ2) is 7.69. The molecule has 0 radical (unpaired) electrons. The van der Waals surface area contributed by atoms with Gasteiger partial charge in [0.15, 0.2) is 5.13 Å². The summed E-state index contributed by atoms with van der Waals surface area (Å²) in [5.74, 6) is -0.208. The van der Waals surface area contributed by atoms with Crippen molar-refractivity contribution >= 4 is 28.3 Å². The first-order chi connectivity index (χ1) is 13.7. The van der Waals surface area contributed by atoms with Crippen molar-refractivity contribution in [3.8, 4) is 5.88 Å². The maximum absolute atomic E-state index is 12.9. The van der Waals surface area contributed by atoms with E-state index >= 15 is 0 Å². The summed E-state index contributed by atoms with van der Waals surface area (Å²) in [7, 11) is 1.49. The van der Waals surface area contributed by atoms with Crippen molar-refractivity contribution in [3.05, 3.63) is 58.7 Å². The molecular weight excluding hydrogens is 380 g/mol. The van der Waals surface area contributed by atoms with Crippen LogP contribution in [0.25, 0.3) is 0 Å². The first kappa shape index (κ1) is 18.0. The third kappa shape index (κ3) is 3.54. The van der Waals surface area contributed by atoms with Crippen molar-refractivity contribution < 1.29 is 14.3 Å². The van der Waals surface area contributed by atoms with Gasteiger partial charge in [0.05, 0.1) is 25.5 Å². The van der Waals surface area contributed by atoms with Crippen LogP contribution in [0.3, 0.4) is 0 Å². The fraction of sp³-hybridized carbons (Fsp3) is 0.222. The summed E-state index contributed by atoms with van der Waals surface area (Å²) < 4.78 is 5.19. The van der Waals surface area contributed by atoms with E-state index < -0.39 is 0 Å². The number of aromatic nitrogens is 4. The Hall–Kier alpha value is -3.40. The average Bonchev–Trinajstić information content (AvgIpc) is 3.15. The topological polar surface area (TPSA) is 110 Å². The number of anilines is 1. The van der Waals surface area contributed by atoms with Gasteiger partial charge in [-0.3, -0.25) is 19.9 Å². The molecule has 0 aromatic carbocycles. The van der Waals surface area contributed by atoms with Gasteiger partial charge in [-0.25, -0.2) is 15.0 Å².